The van der Waals surface area contributed by atoms with Crippen LogP contribution in [0.3, 0.4) is 0 Å². The molecule has 0 atom stereocenters. The molecule has 0 saturated carbocycles. The summed E-state index contributed by atoms with van der Waals surface area (Å²) in [4.78, 5) is 18.6. The van der Waals surface area contributed by atoms with Gasteiger partial charge in [0.1, 0.15) is 5.82 Å². The number of nitrogens with two attached hydrogens (primary N) is 1. The number of rotatable bonds is 4. The quantitative estimate of drug-likeness (QED) is 0.857. The normalized spacial score (nSPS) is 16.5. The van der Waals surface area contributed by atoms with Crippen LogP contribution in [0.1, 0.15) is 12.8 Å². The molecule has 0 unspecified atom stereocenters. The molecule has 2 rings (SSSR count). The predicted octanol–water partition coefficient (Wildman–Crippen LogP) is 1.88. The fourth-order valence-corrected chi connectivity index (χ4v) is 2.51. The number of carbonyl (C=O) groups excluding carboxylic acids is 1. The molecule has 1 aliphatic rings. The number of piperidine rings is 1. The van der Waals surface area contributed by atoms with E-state index in [-0.39, 0.29) is 24.2 Å². The average Bonchev–Trinajstić information content (AvgIpc) is 2.42. The van der Waals surface area contributed by atoms with E-state index in [2.05, 4.69) is 31.1 Å². The van der Waals surface area contributed by atoms with Crippen LogP contribution in [0.25, 0.3) is 0 Å². The van der Waals surface area contributed by atoms with Gasteiger partial charge in [0.15, 0.2) is 0 Å². The van der Waals surface area contributed by atoms with Crippen molar-refractivity contribution in [2.75, 3.05) is 31.5 Å². The Morgan fingerprint density at radius 2 is 2.15 bits per heavy atom. The zero-order valence-corrected chi connectivity index (χ0v) is 13.6. The Labute approximate surface area is 133 Å². The summed E-state index contributed by atoms with van der Waals surface area (Å²) in [6, 6.07) is 3.66. The molecule has 1 aromatic heterocycles. The molecule has 0 spiro atoms. The van der Waals surface area contributed by atoms with E-state index in [9.17, 15) is 4.79 Å². The van der Waals surface area contributed by atoms with Crippen LogP contribution in [0.4, 0.5) is 5.82 Å². The number of amides is 1. The molecule has 0 aliphatic carbocycles. The fourth-order valence-electron chi connectivity index (χ4n) is 2.28. The number of anilines is 1. The molecule has 0 aromatic carbocycles. The average molecular weight is 364 g/mol. The predicted molar refractivity (Wildman–Crippen MR) is 86.0 cm³/mol. The molecule has 3 N–H and O–H groups in total. The highest BCUT2D eigenvalue weighted by Gasteiger charge is 2.24. The summed E-state index contributed by atoms with van der Waals surface area (Å²) in [7, 11) is 0. The summed E-state index contributed by atoms with van der Waals surface area (Å²) in [5.74, 6) is 0.763. The van der Waals surface area contributed by atoms with Crippen molar-refractivity contribution in [3.05, 3.63) is 22.8 Å². The highest BCUT2D eigenvalue weighted by atomic mass is 79.9. The van der Waals surface area contributed by atoms with Gasteiger partial charge in [0, 0.05) is 29.7 Å². The maximum Gasteiger partial charge on any atom is 0.228 e. The van der Waals surface area contributed by atoms with Gasteiger partial charge in [-0.15, -0.1) is 12.4 Å². The number of likely N-dealkylation sites (tertiary alicyclic amines) is 1. The molecule has 0 radical (unpaired) electrons. The number of nitrogens with zero attached hydrogens (tertiary/aromatic N) is 2. The van der Waals surface area contributed by atoms with Crippen molar-refractivity contribution in [1.82, 2.24) is 9.88 Å². The van der Waals surface area contributed by atoms with Gasteiger partial charge in [-0.05, 0) is 54.0 Å². The zero-order valence-electron chi connectivity index (χ0n) is 11.2. The van der Waals surface area contributed by atoms with E-state index in [0.29, 0.717) is 12.4 Å². The molecule has 1 amide bonds. The Bertz CT molecular complexity index is 421. The number of carbonyl (C=O) groups is 1. The Kier molecular flexibility index (Phi) is 7.43. The lowest BCUT2D eigenvalue weighted by Gasteiger charge is -2.30. The van der Waals surface area contributed by atoms with Crippen molar-refractivity contribution in [1.29, 1.82) is 0 Å². The smallest absolute Gasteiger partial charge is 0.228 e. The van der Waals surface area contributed by atoms with E-state index in [4.69, 9.17) is 5.73 Å². The van der Waals surface area contributed by atoms with Gasteiger partial charge in [-0.25, -0.2) is 4.98 Å². The SMILES string of the molecule is Cl.NCCN1CCC(C(=O)Nc2ccc(Br)cn2)CC1. The standard InChI is InChI=1S/C13H19BrN4O.ClH/c14-11-1-2-12(16-9-11)17-13(19)10-3-6-18(7-4-10)8-5-15;/h1-2,9-10H,3-8,15H2,(H,16,17,19);1H. The highest BCUT2D eigenvalue weighted by molar-refractivity contribution is 9.10. The number of halogens is 2. The van der Waals surface area contributed by atoms with Crippen LogP contribution >= 0.6 is 28.3 Å². The number of aromatic nitrogens is 1. The summed E-state index contributed by atoms with van der Waals surface area (Å²) in [5.41, 5.74) is 5.54. The molecular formula is C13H20BrClN4O. The van der Waals surface area contributed by atoms with Gasteiger partial charge in [0.05, 0.1) is 0 Å². The molecule has 2 heterocycles. The molecular weight excluding hydrogens is 344 g/mol. The zero-order chi connectivity index (χ0) is 13.7. The van der Waals surface area contributed by atoms with Crippen LogP contribution in [0.15, 0.2) is 22.8 Å². The van der Waals surface area contributed by atoms with E-state index in [1.54, 1.807) is 12.3 Å². The summed E-state index contributed by atoms with van der Waals surface area (Å²) in [6.45, 7) is 3.49. The molecule has 20 heavy (non-hydrogen) atoms. The third-order valence-corrected chi connectivity index (χ3v) is 3.85. The first-order valence-electron chi connectivity index (χ1n) is 6.54. The van der Waals surface area contributed by atoms with Crippen molar-refractivity contribution in [2.24, 2.45) is 11.7 Å². The van der Waals surface area contributed by atoms with E-state index >= 15 is 0 Å². The minimum Gasteiger partial charge on any atom is -0.329 e. The van der Waals surface area contributed by atoms with Crippen molar-refractivity contribution in [2.45, 2.75) is 12.8 Å². The fraction of sp³-hybridized carbons (Fsp3) is 0.538. The Morgan fingerprint density at radius 3 is 2.70 bits per heavy atom. The lowest BCUT2D eigenvalue weighted by Crippen LogP contribution is -2.40. The van der Waals surface area contributed by atoms with Gasteiger partial charge < -0.3 is 16.0 Å². The van der Waals surface area contributed by atoms with Crippen LogP contribution in [0, 0.1) is 5.92 Å². The summed E-state index contributed by atoms with van der Waals surface area (Å²) in [5, 5.41) is 2.87. The maximum atomic E-state index is 12.1. The molecule has 5 nitrogen and oxygen atoms in total. The van der Waals surface area contributed by atoms with Crippen molar-refractivity contribution >= 4 is 40.1 Å². The van der Waals surface area contributed by atoms with Crippen molar-refractivity contribution in [3.63, 3.8) is 0 Å². The van der Waals surface area contributed by atoms with Gasteiger partial charge in [0.2, 0.25) is 5.91 Å². The van der Waals surface area contributed by atoms with Gasteiger partial charge in [-0.2, -0.15) is 0 Å². The number of hydrogen-bond acceptors (Lipinski definition) is 4. The van der Waals surface area contributed by atoms with E-state index in [1.165, 1.54) is 0 Å². The lowest BCUT2D eigenvalue weighted by atomic mass is 9.96. The highest BCUT2D eigenvalue weighted by Crippen LogP contribution is 2.19. The first-order chi connectivity index (χ1) is 9.19. The van der Waals surface area contributed by atoms with Gasteiger partial charge in [0.25, 0.3) is 0 Å². The minimum absolute atomic E-state index is 0. The molecule has 1 fully saturated rings. The summed E-state index contributed by atoms with van der Waals surface area (Å²) >= 11 is 3.32. The van der Waals surface area contributed by atoms with Crippen LogP contribution in [-0.2, 0) is 4.79 Å². The first-order valence-corrected chi connectivity index (χ1v) is 7.33. The Hall–Kier alpha value is -0.690. The Balaban J connectivity index is 0.00000200. The third-order valence-electron chi connectivity index (χ3n) is 3.38. The second kappa shape index (κ2) is 8.56. The maximum absolute atomic E-state index is 12.1. The third kappa shape index (κ3) is 5.01. The van der Waals surface area contributed by atoms with E-state index in [0.717, 1.165) is 36.9 Å². The van der Waals surface area contributed by atoms with E-state index in [1.807, 2.05) is 6.07 Å². The van der Waals surface area contributed by atoms with Crippen molar-refractivity contribution in [3.8, 4) is 0 Å². The topological polar surface area (TPSA) is 71.2 Å². The number of nitrogens with one attached hydrogen (secondary N) is 1. The molecule has 7 heteroatoms. The molecule has 1 saturated heterocycles. The molecule has 1 aromatic rings. The van der Waals surface area contributed by atoms with Crippen LogP contribution in [-0.4, -0.2) is 42.0 Å². The summed E-state index contributed by atoms with van der Waals surface area (Å²) < 4.78 is 0.903. The summed E-state index contributed by atoms with van der Waals surface area (Å²) in [6.07, 6.45) is 3.46. The van der Waals surface area contributed by atoms with Gasteiger partial charge >= 0.3 is 0 Å². The number of hydrogen-bond donors (Lipinski definition) is 2. The molecule has 112 valence electrons. The Morgan fingerprint density at radius 1 is 1.45 bits per heavy atom. The van der Waals surface area contributed by atoms with Crippen LogP contribution < -0.4 is 11.1 Å². The van der Waals surface area contributed by atoms with Crippen LogP contribution in [0.2, 0.25) is 0 Å². The molecule has 1 aliphatic heterocycles. The van der Waals surface area contributed by atoms with Gasteiger partial charge in [-0.1, -0.05) is 0 Å². The minimum atomic E-state index is 0. The number of pyridine rings is 1. The second-order valence-electron chi connectivity index (χ2n) is 4.76. The van der Waals surface area contributed by atoms with E-state index < -0.39 is 0 Å². The first kappa shape index (κ1) is 17.4. The molecule has 0 bridgehead atoms. The van der Waals surface area contributed by atoms with Gasteiger partial charge in [-0.3, -0.25) is 4.79 Å². The lowest BCUT2D eigenvalue weighted by molar-refractivity contribution is -0.121. The van der Waals surface area contributed by atoms with Crippen molar-refractivity contribution < 1.29 is 4.79 Å². The van der Waals surface area contributed by atoms with Crippen LogP contribution in [0.5, 0.6) is 0 Å². The largest absolute Gasteiger partial charge is 0.329 e. The second-order valence-corrected chi connectivity index (χ2v) is 5.67. The monoisotopic (exact) mass is 362 g/mol.